The Labute approximate surface area is 171 Å². The highest BCUT2D eigenvalue weighted by Crippen LogP contribution is 2.20. The normalized spacial score (nSPS) is 11.3. The van der Waals surface area contributed by atoms with Gasteiger partial charge in [0.1, 0.15) is 10.0 Å². The van der Waals surface area contributed by atoms with Crippen molar-refractivity contribution in [1.29, 1.82) is 0 Å². The Morgan fingerprint density at radius 1 is 1.29 bits per heavy atom. The fourth-order valence-corrected chi connectivity index (χ4v) is 4.90. The minimum Gasteiger partial charge on any atom is -0.352 e. The van der Waals surface area contributed by atoms with Gasteiger partial charge in [0, 0.05) is 30.8 Å². The summed E-state index contributed by atoms with van der Waals surface area (Å²) >= 11 is 6.27. The summed E-state index contributed by atoms with van der Waals surface area (Å²) in [5.74, 6) is 0.538. The summed E-state index contributed by atoms with van der Waals surface area (Å²) in [4.78, 5) is 12.3. The third-order valence-corrected chi connectivity index (χ3v) is 7.04. The first-order chi connectivity index (χ1) is 13.4. The zero-order valence-corrected chi connectivity index (χ0v) is 17.5. The molecule has 0 unspecified atom stereocenters. The van der Waals surface area contributed by atoms with Crippen LogP contribution in [0.25, 0.3) is 0 Å². The number of nitrogens with one attached hydrogen (secondary N) is 3. The first kappa shape index (κ1) is 20.2. The predicted molar refractivity (Wildman–Crippen MR) is 111 cm³/mol. The van der Waals surface area contributed by atoms with Crippen LogP contribution in [0.5, 0.6) is 0 Å². The number of rotatable bonds is 8. The van der Waals surface area contributed by atoms with Gasteiger partial charge in [0.2, 0.25) is 0 Å². The van der Waals surface area contributed by atoms with E-state index in [0.29, 0.717) is 35.5 Å². The molecule has 0 saturated carbocycles. The smallest absolute Gasteiger partial charge is 0.271 e. The van der Waals surface area contributed by atoms with E-state index in [4.69, 9.17) is 12.2 Å². The van der Waals surface area contributed by atoms with Crippen LogP contribution in [-0.4, -0.2) is 35.6 Å². The highest BCUT2D eigenvalue weighted by Gasteiger charge is 2.15. The van der Waals surface area contributed by atoms with Crippen molar-refractivity contribution in [2.45, 2.75) is 24.1 Å². The van der Waals surface area contributed by atoms with Crippen molar-refractivity contribution in [2.24, 2.45) is 0 Å². The first-order valence-electron chi connectivity index (χ1n) is 8.49. The Hall–Kier alpha value is -2.50. The molecule has 0 atom stereocenters. The molecule has 3 aromatic rings. The van der Waals surface area contributed by atoms with Gasteiger partial charge < -0.3 is 9.88 Å². The Kier molecular flexibility index (Phi) is 6.27. The molecule has 0 fully saturated rings. The van der Waals surface area contributed by atoms with Gasteiger partial charge in [-0.1, -0.05) is 6.07 Å². The second-order valence-electron chi connectivity index (χ2n) is 5.81. The van der Waals surface area contributed by atoms with Crippen LogP contribution in [0.1, 0.15) is 23.1 Å². The van der Waals surface area contributed by atoms with Crippen LogP contribution in [0.15, 0.2) is 46.0 Å². The molecule has 0 bridgehead atoms. The zero-order chi connectivity index (χ0) is 20.1. The minimum atomic E-state index is -3.61. The molecule has 3 N–H and O–H groups in total. The highest BCUT2D eigenvalue weighted by atomic mass is 32.2. The van der Waals surface area contributed by atoms with E-state index < -0.39 is 10.0 Å². The molecule has 0 radical (unpaired) electrons. The van der Waals surface area contributed by atoms with Crippen LogP contribution in [0.4, 0.5) is 5.69 Å². The number of nitrogens with zero attached hydrogens (tertiary/aromatic N) is 2. The second-order valence-corrected chi connectivity index (χ2v) is 9.05. The number of aromatic nitrogens is 3. The average molecular weight is 438 g/mol. The molecular formula is C17H19N5O3S3. The van der Waals surface area contributed by atoms with Crippen LogP contribution in [0.3, 0.4) is 0 Å². The lowest BCUT2D eigenvalue weighted by Crippen LogP contribution is -2.26. The van der Waals surface area contributed by atoms with Crippen molar-refractivity contribution in [3.05, 3.63) is 57.9 Å². The molecule has 1 aromatic carbocycles. The second kappa shape index (κ2) is 8.67. The molecule has 0 aliphatic carbocycles. The maximum Gasteiger partial charge on any atom is 0.271 e. The van der Waals surface area contributed by atoms with Crippen molar-refractivity contribution in [1.82, 2.24) is 20.1 Å². The minimum absolute atomic E-state index is 0.235. The number of thiophene rings is 1. The number of amides is 1. The summed E-state index contributed by atoms with van der Waals surface area (Å²) in [6, 6.07) is 9.47. The standard InChI is InChI=1S/C17H19N5O3S3/c1-2-22-14(19-20-17(22)26)9-10-18-16(23)12-5-7-13(8-6-12)21-28(24,25)15-4-3-11-27-15/h3-8,11,21H,2,9-10H2,1H3,(H,18,23)(H,20,26). The van der Waals surface area contributed by atoms with E-state index in [1.54, 1.807) is 35.7 Å². The molecule has 11 heteroatoms. The van der Waals surface area contributed by atoms with Gasteiger partial charge in [-0.15, -0.1) is 11.3 Å². The van der Waals surface area contributed by atoms with Gasteiger partial charge in [-0.05, 0) is 54.9 Å². The topological polar surface area (TPSA) is 109 Å². The van der Waals surface area contributed by atoms with E-state index in [2.05, 4.69) is 20.2 Å². The SMILES string of the molecule is CCn1c(CCNC(=O)c2ccc(NS(=O)(=O)c3cccs3)cc2)n[nH]c1=S. The third-order valence-electron chi connectivity index (χ3n) is 3.95. The quantitative estimate of drug-likeness (QED) is 0.470. The number of hydrogen-bond donors (Lipinski definition) is 3. The summed E-state index contributed by atoms with van der Waals surface area (Å²) in [6.07, 6.45) is 0.547. The van der Waals surface area contributed by atoms with Crippen LogP contribution in [0.2, 0.25) is 0 Å². The number of aromatic amines is 1. The van der Waals surface area contributed by atoms with Gasteiger partial charge in [-0.25, -0.2) is 8.42 Å². The summed E-state index contributed by atoms with van der Waals surface area (Å²) in [5.41, 5.74) is 0.830. The number of carbonyl (C=O) groups is 1. The summed E-state index contributed by atoms with van der Waals surface area (Å²) < 4.78 is 29.6. The summed E-state index contributed by atoms with van der Waals surface area (Å²) in [7, 11) is -3.61. The number of H-pyrrole nitrogens is 1. The molecule has 3 rings (SSSR count). The van der Waals surface area contributed by atoms with Crippen LogP contribution in [-0.2, 0) is 23.0 Å². The van der Waals surface area contributed by atoms with Gasteiger partial charge in [-0.2, -0.15) is 5.10 Å². The van der Waals surface area contributed by atoms with Gasteiger partial charge >= 0.3 is 0 Å². The van der Waals surface area contributed by atoms with E-state index in [9.17, 15) is 13.2 Å². The molecule has 148 valence electrons. The highest BCUT2D eigenvalue weighted by molar-refractivity contribution is 7.94. The molecule has 0 spiro atoms. The number of anilines is 1. The molecule has 0 aliphatic heterocycles. The number of sulfonamides is 1. The number of benzene rings is 1. The van der Waals surface area contributed by atoms with Gasteiger partial charge in [0.15, 0.2) is 4.77 Å². The van der Waals surface area contributed by atoms with E-state index in [1.807, 2.05) is 11.5 Å². The van der Waals surface area contributed by atoms with E-state index in [1.165, 1.54) is 6.07 Å². The maximum atomic E-state index is 12.3. The van der Waals surface area contributed by atoms with Crippen LogP contribution < -0.4 is 10.0 Å². The lowest BCUT2D eigenvalue weighted by atomic mass is 10.2. The van der Waals surface area contributed by atoms with Gasteiger partial charge in [-0.3, -0.25) is 14.6 Å². The fraction of sp³-hybridized carbons (Fsp3) is 0.235. The monoisotopic (exact) mass is 437 g/mol. The Bertz CT molecular complexity index is 1100. The largest absolute Gasteiger partial charge is 0.352 e. The fourth-order valence-electron chi connectivity index (χ4n) is 2.57. The van der Waals surface area contributed by atoms with Gasteiger partial charge in [0.05, 0.1) is 0 Å². The van der Waals surface area contributed by atoms with E-state index in [0.717, 1.165) is 17.2 Å². The lowest BCUT2D eigenvalue weighted by molar-refractivity contribution is 0.0954. The third kappa shape index (κ3) is 4.66. The zero-order valence-electron chi connectivity index (χ0n) is 15.0. The molecule has 0 aliphatic rings. The van der Waals surface area contributed by atoms with Crippen molar-refractivity contribution in [3.8, 4) is 0 Å². The average Bonchev–Trinajstić information content (AvgIpc) is 3.32. The number of carbonyl (C=O) groups excluding carboxylic acids is 1. The van der Waals surface area contributed by atoms with E-state index in [-0.39, 0.29) is 10.1 Å². The molecule has 0 saturated heterocycles. The van der Waals surface area contributed by atoms with Crippen LogP contribution >= 0.6 is 23.6 Å². The van der Waals surface area contributed by atoms with Crippen molar-refractivity contribution >= 4 is 45.2 Å². The number of hydrogen-bond acceptors (Lipinski definition) is 6. The summed E-state index contributed by atoms with van der Waals surface area (Å²) in [5, 5.41) is 11.4. The van der Waals surface area contributed by atoms with Crippen molar-refractivity contribution in [3.63, 3.8) is 0 Å². The first-order valence-corrected chi connectivity index (χ1v) is 11.3. The maximum absolute atomic E-state index is 12.3. The van der Waals surface area contributed by atoms with Gasteiger partial charge in [0.25, 0.3) is 15.9 Å². The van der Waals surface area contributed by atoms with Crippen molar-refractivity contribution < 1.29 is 13.2 Å². The Morgan fingerprint density at radius 2 is 2.04 bits per heavy atom. The van der Waals surface area contributed by atoms with Crippen LogP contribution in [0, 0.1) is 4.77 Å². The molecule has 1 amide bonds. The molecule has 8 nitrogen and oxygen atoms in total. The van der Waals surface area contributed by atoms with Crippen molar-refractivity contribution in [2.75, 3.05) is 11.3 Å². The lowest BCUT2D eigenvalue weighted by Gasteiger charge is -2.08. The molecule has 2 aromatic heterocycles. The molecule has 2 heterocycles. The Balaban J connectivity index is 1.57. The Morgan fingerprint density at radius 3 is 2.68 bits per heavy atom. The molecule has 28 heavy (non-hydrogen) atoms. The van der Waals surface area contributed by atoms with E-state index >= 15 is 0 Å². The predicted octanol–water partition coefficient (Wildman–Crippen LogP) is 2.80. The molecular weight excluding hydrogens is 418 g/mol. The summed E-state index contributed by atoms with van der Waals surface area (Å²) in [6.45, 7) is 3.09.